The number of morpholine rings is 1. The number of fused-ring (bicyclic) bond motifs is 1. The van der Waals surface area contributed by atoms with Crippen LogP contribution in [0.15, 0.2) is 35.7 Å². The number of nitrogens with one attached hydrogen (secondary N) is 1. The van der Waals surface area contributed by atoms with Gasteiger partial charge in [0.15, 0.2) is 0 Å². The van der Waals surface area contributed by atoms with Gasteiger partial charge in [0.2, 0.25) is 0 Å². The van der Waals surface area contributed by atoms with E-state index in [9.17, 15) is 14.3 Å². The lowest BCUT2D eigenvalue weighted by molar-refractivity contribution is -0.128. The minimum Gasteiger partial charge on any atom is -0.486 e. The summed E-state index contributed by atoms with van der Waals surface area (Å²) in [6.45, 7) is 19.0. The topological polar surface area (TPSA) is 109 Å². The number of hydrogen-bond donors (Lipinski definition) is 2. The van der Waals surface area contributed by atoms with Gasteiger partial charge >= 0.3 is 0 Å². The lowest BCUT2D eigenvalue weighted by Gasteiger charge is -2.47. The molecule has 2 aliphatic heterocycles. The van der Waals surface area contributed by atoms with Crippen molar-refractivity contribution in [3.8, 4) is 10.9 Å². The molecule has 1 spiro atoms. The second-order valence-electron chi connectivity index (χ2n) is 15.8. The third-order valence-corrected chi connectivity index (χ3v) is 11.7. The number of rotatable bonds is 13. The van der Waals surface area contributed by atoms with E-state index < -0.39 is 11.7 Å². The summed E-state index contributed by atoms with van der Waals surface area (Å²) in [5.41, 5.74) is 2.92. The van der Waals surface area contributed by atoms with Gasteiger partial charge < -0.3 is 29.5 Å². The van der Waals surface area contributed by atoms with Crippen molar-refractivity contribution in [3.63, 3.8) is 0 Å². The average molecular weight is 768 g/mol. The first-order valence-corrected chi connectivity index (χ1v) is 20.4. The number of nitrogens with zero attached hydrogens (tertiary/aromatic N) is 4. The van der Waals surface area contributed by atoms with E-state index in [0.717, 1.165) is 53.3 Å². The molecule has 288 valence electrons. The highest BCUT2D eigenvalue weighted by Crippen LogP contribution is 2.40. The Morgan fingerprint density at radius 3 is 2.58 bits per heavy atom. The average Bonchev–Trinajstić information content (AvgIpc) is 3.77. The fourth-order valence-corrected chi connectivity index (χ4v) is 8.84. The molecule has 0 unspecified atom stereocenters. The Morgan fingerprint density at radius 1 is 1.11 bits per heavy atom. The van der Waals surface area contributed by atoms with Gasteiger partial charge in [0, 0.05) is 49.6 Å². The molecule has 0 bridgehead atoms. The number of halogens is 1. The van der Waals surface area contributed by atoms with Crippen LogP contribution in [-0.4, -0.2) is 94.0 Å². The molecular weight excluding hydrogens is 714 g/mol. The van der Waals surface area contributed by atoms with Crippen molar-refractivity contribution in [2.75, 3.05) is 45.9 Å². The van der Waals surface area contributed by atoms with Gasteiger partial charge in [-0.1, -0.05) is 43.4 Å². The number of carbonyl (C=O) groups is 1. The molecule has 2 N–H and O–H groups in total. The summed E-state index contributed by atoms with van der Waals surface area (Å²) in [6, 6.07) is 9.12. The Bertz CT molecular complexity index is 1860. The van der Waals surface area contributed by atoms with E-state index in [1.807, 2.05) is 69.2 Å². The summed E-state index contributed by atoms with van der Waals surface area (Å²) in [4.78, 5) is 26.9. The molecule has 2 fully saturated rings. The Morgan fingerprint density at radius 2 is 1.89 bits per heavy atom. The number of amides is 1. The molecule has 0 aliphatic carbocycles. The number of hydrogen-bond acceptors (Lipinski definition) is 11. The van der Waals surface area contributed by atoms with Crippen LogP contribution < -0.4 is 14.8 Å². The summed E-state index contributed by atoms with van der Waals surface area (Å²) in [6.07, 6.45) is 1.33. The van der Waals surface area contributed by atoms with Gasteiger partial charge in [-0.05, 0) is 83.7 Å². The number of ether oxygens (including phenoxy) is 3. The highest BCUT2D eigenvalue weighted by molar-refractivity contribution is 7.20. The molecule has 1 amide bonds. The van der Waals surface area contributed by atoms with Gasteiger partial charge in [-0.15, -0.1) is 11.3 Å². The van der Waals surface area contributed by atoms with Gasteiger partial charge in [0.05, 0.1) is 40.7 Å². The smallest absolute Gasteiger partial charge is 0.274 e. The Balaban J connectivity index is 1.01. The molecule has 6 rings (SSSR count). The molecule has 13 heteroatoms. The quantitative estimate of drug-likeness (QED) is 0.135. The normalized spacial score (nSPS) is 17.3. The van der Waals surface area contributed by atoms with Crippen LogP contribution in [0.4, 0.5) is 4.39 Å². The summed E-state index contributed by atoms with van der Waals surface area (Å²) < 4.78 is 34.2. The highest BCUT2D eigenvalue weighted by atomic mass is 32.1. The molecular formula is C40H54FN5O5S2. The third-order valence-electron chi connectivity index (χ3n) is 9.59. The van der Waals surface area contributed by atoms with Gasteiger partial charge in [-0.2, -0.15) is 4.98 Å². The first-order chi connectivity index (χ1) is 25.2. The van der Waals surface area contributed by atoms with Crippen LogP contribution in [-0.2, 0) is 17.7 Å². The van der Waals surface area contributed by atoms with Gasteiger partial charge in [-0.3, -0.25) is 9.69 Å². The minimum atomic E-state index is -0.796. The summed E-state index contributed by atoms with van der Waals surface area (Å²) in [5.74, 6) is 0.714. The van der Waals surface area contributed by atoms with Crippen LogP contribution in [0.2, 0.25) is 0 Å². The number of benzene rings is 2. The van der Waals surface area contributed by atoms with E-state index in [2.05, 4.69) is 29.0 Å². The van der Waals surface area contributed by atoms with Crippen LogP contribution in [0.1, 0.15) is 106 Å². The monoisotopic (exact) mass is 767 g/mol. The van der Waals surface area contributed by atoms with Crippen LogP contribution in [0.5, 0.6) is 10.9 Å². The summed E-state index contributed by atoms with van der Waals surface area (Å²) >= 11 is 2.95. The van der Waals surface area contributed by atoms with Crippen LogP contribution in [0, 0.1) is 5.82 Å². The maximum absolute atomic E-state index is 15.0. The predicted octanol–water partition coefficient (Wildman–Crippen LogP) is 7.35. The van der Waals surface area contributed by atoms with E-state index >= 15 is 0 Å². The van der Waals surface area contributed by atoms with Crippen molar-refractivity contribution in [3.05, 3.63) is 68.9 Å². The molecule has 4 aromatic rings. The highest BCUT2D eigenvalue weighted by Gasteiger charge is 2.41. The van der Waals surface area contributed by atoms with Gasteiger partial charge in [-0.25, -0.2) is 9.37 Å². The van der Waals surface area contributed by atoms with Crippen LogP contribution in [0.3, 0.4) is 0 Å². The second-order valence-corrected chi connectivity index (χ2v) is 17.7. The number of aromatic nitrogens is 2. The fraction of sp³-hybridized carbons (Fsp3) is 0.575. The Labute approximate surface area is 320 Å². The number of carbonyl (C=O) groups excluding carboxylic acids is 1. The van der Waals surface area contributed by atoms with Crippen molar-refractivity contribution < 1.29 is 28.5 Å². The van der Waals surface area contributed by atoms with Gasteiger partial charge in [0.1, 0.15) is 28.4 Å². The van der Waals surface area contributed by atoms with Gasteiger partial charge in [0.25, 0.3) is 11.1 Å². The third kappa shape index (κ3) is 9.92. The molecule has 2 saturated heterocycles. The molecule has 4 heterocycles. The van der Waals surface area contributed by atoms with Crippen molar-refractivity contribution in [1.29, 1.82) is 0 Å². The molecule has 0 saturated carbocycles. The largest absolute Gasteiger partial charge is 0.486 e. The van der Waals surface area contributed by atoms with E-state index in [1.165, 1.54) is 11.3 Å². The first kappa shape index (κ1) is 39.5. The summed E-state index contributed by atoms with van der Waals surface area (Å²) in [5, 5.41) is 18.0. The molecule has 10 nitrogen and oxygen atoms in total. The molecule has 53 heavy (non-hydrogen) atoms. The molecule has 2 aromatic heterocycles. The Kier molecular flexibility index (Phi) is 12.4. The lowest BCUT2D eigenvalue weighted by Crippen LogP contribution is -2.58. The number of thiazole rings is 2. The fourth-order valence-electron chi connectivity index (χ4n) is 6.91. The maximum Gasteiger partial charge on any atom is 0.274 e. The van der Waals surface area contributed by atoms with E-state index in [-0.39, 0.29) is 23.4 Å². The number of aliphatic hydroxyl groups excluding tert-OH is 1. The standard InChI is InChI=1S/C40H54FN5O5S2/c1-25(2)36-43-31(23-52-36)37(48)46-18-19-49-40(24-46)13-16-45(17-14-40)22-27-8-10-30(41)28(20-27)12-15-42-21-32(47)29-9-11-33(51-39(5,6)7)34-35(29)53-38(44-34)50-26(3)4/h8-11,20,23,25-26,32,42,47H,12-19,21-22,24H2,1-7H3/t32-/m1/s1. The van der Waals surface area contributed by atoms with Crippen molar-refractivity contribution in [2.24, 2.45) is 0 Å². The molecule has 1 atom stereocenters. The summed E-state index contributed by atoms with van der Waals surface area (Å²) in [7, 11) is 0. The lowest BCUT2D eigenvalue weighted by atomic mass is 9.89. The Hall–Kier alpha value is -3.20. The van der Waals surface area contributed by atoms with Crippen LogP contribution >= 0.6 is 22.7 Å². The zero-order valence-corrected chi connectivity index (χ0v) is 33.7. The molecule has 2 aromatic carbocycles. The van der Waals surface area contributed by atoms with Crippen LogP contribution in [0.25, 0.3) is 10.2 Å². The number of piperidine rings is 1. The first-order valence-electron chi connectivity index (χ1n) is 18.7. The maximum atomic E-state index is 15.0. The molecule has 0 radical (unpaired) electrons. The van der Waals surface area contributed by atoms with E-state index in [1.54, 1.807) is 17.4 Å². The van der Waals surface area contributed by atoms with Crippen molar-refractivity contribution >= 4 is 38.8 Å². The predicted molar refractivity (Wildman–Crippen MR) is 209 cm³/mol. The van der Waals surface area contributed by atoms with Crippen molar-refractivity contribution in [1.82, 2.24) is 25.1 Å². The zero-order valence-electron chi connectivity index (χ0n) is 32.0. The molecule has 2 aliphatic rings. The van der Waals surface area contributed by atoms with E-state index in [4.69, 9.17) is 19.2 Å². The number of likely N-dealkylation sites (tertiary alicyclic amines) is 1. The number of aliphatic hydroxyl groups is 1. The van der Waals surface area contributed by atoms with Crippen molar-refractivity contribution in [2.45, 2.75) is 104 Å². The minimum absolute atomic E-state index is 0.00985. The zero-order chi connectivity index (χ0) is 37.9. The SMILES string of the molecule is CC(C)Oc1nc2c(OC(C)(C)C)ccc([C@H](O)CNCCc3cc(CN4CCC5(CC4)CN(C(=O)c4csc(C(C)C)n4)CCO5)ccc3F)c2s1. The van der Waals surface area contributed by atoms with E-state index in [0.29, 0.717) is 72.8 Å². The second kappa shape index (κ2) is 16.7.